The van der Waals surface area contributed by atoms with Gasteiger partial charge in [0, 0.05) is 17.3 Å². The molecule has 0 spiro atoms. The lowest BCUT2D eigenvalue weighted by Gasteiger charge is -2.14. The molecule has 4 rings (SSSR count). The van der Waals surface area contributed by atoms with Gasteiger partial charge in [0.15, 0.2) is 5.65 Å². The lowest BCUT2D eigenvalue weighted by Crippen LogP contribution is -2.16. The van der Waals surface area contributed by atoms with Crippen LogP contribution in [0.1, 0.15) is 30.7 Å². The Hall–Kier alpha value is -1.59. The zero-order valence-corrected chi connectivity index (χ0v) is 14.8. The van der Waals surface area contributed by atoms with Crippen LogP contribution in [0, 0.1) is 0 Å². The molecule has 0 aliphatic heterocycles. The molecule has 1 N–H and O–H groups in total. The first-order valence-corrected chi connectivity index (χ1v) is 8.88. The molecular weight excluding hydrogens is 376 g/mol. The first-order valence-electron chi connectivity index (χ1n) is 7.71. The Balaban J connectivity index is 1.47. The van der Waals surface area contributed by atoms with Gasteiger partial charge in [-0.2, -0.15) is 5.10 Å². The molecule has 2 unspecified atom stereocenters. The summed E-state index contributed by atoms with van der Waals surface area (Å²) in [7, 11) is 0. The number of rotatable bonds is 3. The number of hydrogen-bond donors (Lipinski definition) is 1. The maximum absolute atomic E-state index is 5.97. The van der Waals surface area contributed by atoms with Crippen LogP contribution in [0.5, 0.6) is 0 Å². The van der Waals surface area contributed by atoms with Crippen molar-refractivity contribution in [3.8, 4) is 0 Å². The molecule has 1 aliphatic carbocycles. The Kier molecular flexibility index (Phi) is 3.99. The van der Waals surface area contributed by atoms with Crippen molar-refractivity contribution >= 4 is 39.0 Å². The Labute approximate surface area is 148 Å². The Bertz CT molecular complexity index is 830. The summed E-state index contributed by atoms with van der Waals surface area (Å²) in [5.41, 5.74) is 2.21. The minimum absolute atomic E-state index is 0.451. The maximum Gasteiger partial charge on any atom is 0.171 e. The van der Waals surface area contributed by atoms with Gasteiger partial charge >= 0.3 is 0 Å². The number of nitrogens with zero attached hydrogens (tertiary/aromatic N) is 3. The Morgan fingerprint density at radius 1 is 1.17 bits per heavy atom. The van der Waals surface area contributed by atoms with Crippen LogP contribution in [-0.2, 0) is 0 Å². The van der Waals surface area contributed by atoms with Crippen molar-refractivity contribution in [3.63, 3.8) is 0 Å². The summed E-state index contributed by atoms with van der Waals surface area (Å²) >= 11 is 9.45. The molecule has 1 aromatic carbocycles. The molecule has 2 aromatic heterocycles. The fourth-order valence-corrected chi connectivity index (χ4v) is 3.77. The summed E-state index contributed by atoms with van der Waals surface area (Å²) in [5, 5.41) is 8.58. The molecule has 0 amide bonds. The summed E-state index contributed by atoms with van der Waals surface area (Å²) in [5.74, 6) is 1.50. The third-order valence-electron chi connectivity index (χ3n) is 4.45. The topological polar surface area (TPSA) is 42.2 Å². The summed E-state index contributed by atoms with van der Waals surface area (Å²) in [6.07, 6.45) is 7.16. The van der Waals surface area contributed by atoms with Crippen LogP contribution in [0.4, 0.5) is 5.82 Å². The number of anilines is 1. The highest BCUT2D eigenvalue weighted by Gasteiger charge is 2.26. The van der Waals surface area contributed by atoms with E-state index < -0.39 is 0 Å². The molecule has 3 aromatic rings. The van der Waals surface area contributed by atoms with E-state index in [1.54, 1.807) is 10.7 Å². The first kappa shape index (κ1) is 15.0. The SMILES string of the molecule is Clc1ccc(C2CCC(Nc3ccn4ncc(Br)c4n3)C2)cc1. The van der Waals surface area contributed by atoms with Crippen molar-refractivity contribution in [2.24, 2.45) is 0 Å². The van der Waals surface area contributed by atoms with Crippen molar-refractivity contribution in [3.05, 3.63) is 57.8 Å². The van der Waals surface area contributed by atoms with E-state index >= 15 is 0 Å². The molecule has 1 fully saturated rings. The molecule has 2 heterocycles. The highest BCUT2D eigenvalue weighted by molar-refractivity contribution is 9.10. The van der Waals surface area contributed by atoms with E-state index in [1.807, 2.05) is 24.4 Å². The van der Waals surface area contributed by atoms with Gasteiger partial charge in [0.25, 0.3) is 0 Å². The molecule has 0 saturated heterocycles. The van der Waals surface area contributed by atoms with Gasteiger partial charge in [-0.3, -0.25) is 0 Å². The summed E-state index contributed by atoms with van der Waals surface area (Å²) in [6.45, 7) is 0. The van der Waals surface area contributed by atoms with Gasteiger partial charge in [-0.05, 0) is 64.9 Å². The summed E-state index contributed by atoms with van der Waals surface area (Å²) in [6, 6.07) is 10.7. The fourth-order valence-electron chi connectivity index (χ4n) is 3.28. The zero-order chi connectivity index (χ0) is 15.8. The van der Waals surface area contributed by atoms with E-state index in [-0.39, 0.29) is 0 Å². The van der Waals surface area contributed by atoms with Crippen LogP contribution >= 0.6 is 27.5 Å². The Morgan fingerprint density at radius 2 is 2.00 bits per heavy atom. The quantitative estimate of drug-likeness (QED) is 0.691. The second-order valence-corrected chi connectivity index (χ2v) is 7.27. The van der Waals surface area contributed by atoms with E-state index in [4.69, 9.17) is 11.6 Å². The van der Waals surface area contributed by atoms with Gasteiger partial charge in [-0.25, -0.2) is 9.50 Å². The average molecular weight is 392 g/mol. The number of benzene rings is 1. The highest BCUT2D eigenvalue weighted by Crippen LogP contribution is 2.36. The van der Waals surface area contributed by atoms with Crippen molar-refractivity contribution in [2.45, 2.75) is 31.2 Å². The number of nitrogens with one attached hydrogen (secondary N) is 1. The van der Waals surface area contributed by atoms with Crippen molar-refractivity contribution < 1.29 is 0 Å². The van der Waals surface area contributed by atoms with Gasteiger partial charge in [-0.1, -0.05) is 23.7 Å². The van der Waals surface area contributed by atoms with Crippen LogP contribution in [-0.4, -0.2) is 20.6 Å². The van der Waals surface area contributed by atoms with E-state index in [2.05, 4.69) is 43.5 Å². The Morgan fingerprint density at radius 3 is 2.83 bits per heavy atom. The molecule has 0 radical (unpaired) electrons. The van der Waals surface area contributed by atoms with E-state index in [1.165, 1.54) is 12.0 Å². The molecular formula is C17H16BrClN4. The van der Waals surface area contributed by atoms with Crippen LogP contribution in [0.3, 0.4) is 0 Å². The molecule has 1 aliphatic rings. The van der Waals surface area contributed by atoms with Gasteiger partial charge in [-0.15, -0.1) is 0 Å². The van der Waals surface area contributed by atoms with E-state index in [9.17, 15) is 0 Å². The van der Waals surface area contributed by atoms with Gasteiger partial charge < -0.3 is 5.32 Å². The van der Waals surface area contributed by atoms with Crippen molar-refractivity contribution in [1.29, 1.82) is 0 Å². The molecule has 1 saturated carbocycles. The molecule has 6 heteroatoms. The van der Waals surface area contributed by atoms with Crippen LogP contribution in [0.25, 0.3) is 5.65 Å². The van der Waals surface area contributed by atoms with Gasteiger partial charge in [0.05, 0.1) is 10.7 Å². The zero-order valence-electron chi connectivity index (χ0n) is 12.4. The minimum atomic E-state index is 0.451. The third kappa shape index (κ3) is 3.08. The third-order valence-corrected chi connectivity index (χ3v) is 5.26. The lowest BCUT2D eigenvalue weighted by atomic mass is 9.98. The summed E-state index contributed by atoms with van der Waals surface area (Å²) < 4.78 is 2.67. The van der Waals surface area contributed by atoms with Crippen LogP contribution in [0.2, 0.25) is 5.02 Å². The smallest absolute Gasteiger partial charge is 0.171 e. The number of hydrogen-bond acceptors (Lipinski definition) is 3. The first-order chi connectivity index (χ1) is 11.2. The highest BCUT2D eigenvalue weighted by atomic mass is 79.9. The van der Waals surface area contributed by atoms with Gasteiger partial charge in [0.2, 0.25) is 0 Å². The molecule has 4 nitrogen and oxygen atoms in total. The largest absolute Gasteiger partial charge is 0.367 e. The minimum Gasteiger partial charge on any atom is -0.367 e. The summed E-state index contributed by atoms with van der Waals surface area (Å²) in [4.78, 5) is 4.63. The predicted octanol–water partition coefficient (Wildman–Crippen LogP) is 4.89. The normalized spacial score (nSPS) is 21.0. The van der Waals surface area contributed by atoms with E-state index in [0.29, 0.717) is 12.0 Å². The molecule has 23 heavy (non-hydrogen) atoms. The average Bonchev–Trinajstić information content (AvgIpc) is 3.16. The van der Waals surface area contributed by atoms with Crippen molar-refractivity contribution in [1.82, 2.24) is 14.6 Å². The molecule has 2 atom stereocenters. The standard InChI is InChI=1S/C17H16BrClN4/c18-15-10-20-23-8-7-16(22-17(15)23)21-14-6-3-12(9-14)11-1-4-13(19)5-2-11/h1-2,4-5,7-8,10,12,14H,3,6,9H2,(H,21,22). The second-order valence-electron chi connectivity index (χ2n) is 5.98. The van der Waals surface area contributed by atoms with Crippen molar-refractivity contribution in [2.75, 3.05) is 5.32 Å². The van der Waals surface area contributed by atoms with E-state index in [0.717, 1.165) is 33.8 Å². The predicted molar refractivity (Wildman–Crippen MR) is 96.1 cm³/mol. The van der Waals surface area contributed by atoms with Crippen LogP contribution in [0.15, 0.2) is 47.2 Å². The number of fused-ring (bicyclic) bond motifs is 1. The van der Waals surface area contributed by atoms with Crippen LogP contribution < -0.4 is 5.32 Å². The number of aromatic nitrogens is 3. The second kappa shape index (κ2) is 6.13. The molecule has 0 bridgehead atoms. The molecule has 118 valence electrons. The monoisotopic (exact) mass is 390 g/mol. The van der Waals surface area contributed by atoms with Gasteiger partial charge in [0.1, 0.15) is 5.82 Å². The maximum atomic E-state index is 5.97. The fraction of sp³-hybridized carbons (Fsp3) is 0.294. The number of halogens is 2. The lowest BCUT2D eigenvalue weighted by molar-refractivity contribution is 0.700.